The molecule has 2 heteroatoms. The summed E-state index contributed by atoms with van der Waals surface area (Å²) >= 11 is 0. The third-order valence-corrected chi connectivity index (χ3v) is 2.48. The third kappa shape index (κ3) is 6.67. The van der Waals surface area contributed by atoms with E-state index < -0.39 is 0 Å². The van der Waals surface area contributed by atoms with Gasteiger partial charge in [0, 0.05) is 25.6 Å². The second kappa shape index (κ2) is 5.64. The molecule has 0 rings (SSSR count). The predicted molar refractivity (Wildman–Crippen MR) is 64.0 cm³/mol. The van der Waals surface area contributed by atoms with E-state index in [0.717, 1.165) is 12.8 Å². The molecule has 0 aliphatic rings. The first kappa shape index (κ1) is 14.6. The molecule has 0 aromatic rings. The molecule has 0 radical (unpaired) electrons. The van der Waals surface area contributed by atoms with Gasteiger partial charge in [0.2, 0.25) is 0 Å². The van der Waals surface area contributed by atoms with Crippen molar-refractivity contribution in [2.75, 3.05) is 13.7 Å². The van der Waals surface area contributed by atoms with Crippen molar-refractivity contribution in [2.45, 2.75) is 53.9 Å². The van der Waals surface area contributed by atoms with E-state index in [1.807, 2.05) is 13.8 Å². The molecule has 0 aromatic carbocycles. The number of ketones is 1. The van der Waals surface area contributed by atoms with Crippen LogP contribution in [-0.4, -0.2) is 19.5 Å². The Morgan fingerprint density at radius 2 is 1.67 bits per heavy atom. The number of ether oxygens (including phenoxy) is 1. The predicted octanol–water partition coefficient (Wildman–Crippen LogP) is 3.44. The molecule has 0 N–H and O–H groups in total. The highest BCUT2D eigenvalue weighted by Gasteiger charge is 2.31. The van der Waals surface area contributed by atoms with Crippen molar-refractivity contribution in [3.8, 4) is 0 Å². The van der Waals surface area contributed by atoms with Crippen molar-refractivity contribution in [1.82, 2.24) is 0 Å². The average molecular weight is 214 g/mol. The minimum Gasteiger partial charge on any atom is -0.385 e. The van der Waals surface area contributed by atoms with Crippen molar-refractivity contribution < 1.29 is 9.53 Å². The van der Waals surface area contributed by atoms with Crippen molar-refractivity contribution in [3.63, 3.8) is 0 Å². The minimum atomic E-state index is -0.202. The van der Waals surface area contributed by atoms with Crippen LogP contribution < -0.4 is 0 Å². The van der Waals surface area contributed by atoms with Crippen LogP contribution in [0, 0.1) is 10.8 Å². The molecule has 15 heavy (non-hydrogen) atoms. The van der Waals surface area contributed by atoms with Gasteiger partial charge in [0.15, 0.2) is 0 Å². The highest BCUT2D eigenvalue weighted by Crippen LogP contribution is 2.34. The number of carbonyl (C=O) groups is 1. The maximum atomic E-state index is 12.0. The topological polar surface area (TPSA) is 26.3 Å². The quantitative estimate of drug-likeness (QED) is 0.633. The molecule has 0 aromatic heterocycles. The number of Topliss-reactive ketones (excluding diaryl/α,β-unsaturated/α-hetero) is 1. The molecule has 0 spiro atoms. The van der Waals surface area contributed by atoms with Crippen LogP contribution in [0.4, 0.5) is 0 Å². The fraction of sp³-hybridized carbons (Fsp3) is 0.923. The van der Waals surface area contributed by atoms with E-state index in [1.54, 1.807) is 7.11 Å². The van der Waals surface area contributed by atoms with E-state index >= 15 is 0 Å². The smallest absolute Gasteiger partial charge is 0.138 e. The maximum Gasteiger partial charge on any atom is 0.138 e. The lowest BCUT2D eigenvalue weighted by Crippen LogP contribution is -2.29. The Balaban J connectivity index is 4.14. The van der Waals surface area contributed by atoms with E-state index in [1.165, 1.54) is 0 Å². The fourth-order valence-corrected chi connectivity index (χ4v) is 2.14. The summed E-state index contributed by atoms with van der Waals surface area (Å²) < 4.78 is 4.95. The van der Waals surface area contributed by atoms with Crippen LogP contribution in [0.2, 0.25) is 0 Å². The number of methoxy groups -OCH3 is 1. The average Bonchev–Trinajstić information content (AvgIpc) is 2.00. The van der Waals surface area contributed by atoms with Crippen LogP contribution in [0.5, 0.6) is 0 Å². The molecule has 0 unspecified atom stereocenters. The summed E-state index contributed by atoms with van der Waals surface area (Å²) in [5.41, 5.74) is 0.00636. The summed E-state index contributed by atoms with van der Waals surface area (Å²) in [6.45, 7) is 11.3. The molecule has 0 saturated carbocycles. The molecule has 0 bridgehead atoms. The summed E-state index contributed by atoms with van der Waals surface area (Å²) in [6.07, 6.45) is 2.41. The van der Waals surface area contributed by atoms with Crippen LogP contribution in [0.15, 0.2) is 0 Å². The Bertz CT molecular complexity index is 199. The molecule has 0 aliphatic carbocycles. The maximum absolute atomic E-state index is 12.0. The minimum absolute atomic E-state index is 0.202. The lowest BCUT2D eigenvalue weighted by molar-refractivity contribution is -0.128. The number of hydrogen-bond donors (Lipinski definition) is 0. The standard InChI is InChI=1S/C13H26O2/c1-12(2,3)10-13(4,5)11(14)8-7-9-15-6/h7-10H2,1-6H3. The number of carbonyl (C=O) groups excluding carboxylic acids is 1. The normalized spacial score (nSPS) is 12.9. The van der Waals surface area contributed by atoms with Crippen molar-refractivity contribution in [1.29, 1.82) is 0 Å². The van der Waals surface area contributed by atoms with E-state index in [2.05, 4.69) is 20.8 Å². The summed E-state index contributed by atoms with van der Waals surface area (Å²) in [4.78, 5) is 12.0. The van der Waals surface area contributed by atoms with E-state index in [9.17, 15) is 4.79 Å². The van der Waals surface area contributed by atoms with Gasteiger partial charge in [-0.05, 0) is 18.3 Å². The first-order valence-electron chi connectivity index (χ1n) is 5.71. The molecule has 0 atom stereocenters. The van der Waals surface area contributed by atoms with E-state index in [0.29, 0.717) is 18.8 Å². The van der Waals surface area contributed by atoms with Gasteiger partial charge in [-0.15, -0.1) is 0 Å². The summed E-state index contributed by atoms with van der Waals surface area (Å²) in [7, 11) is 1.67. The zero-order chi connectivity index (χ0) is 12.1. The first-order chi connectivity index (χ1) is 6.69. The van der Waals surface area contributed by atoms with Crippen LogP contribution in [0.1, 0.15) is 53.9 Å². The Hall–Kier alpha value is -0.370. The highest BCUT2D eigenvalue weighted by atomic mass is 16.5. The summed E-state index contributed by atoms with van der Waals surface area (Å²) in [5, 5.41) is 0. The third-order valence-electron chi connectivity index (χ3n) is 2.48. The van der Waals surface area contributed by atoms with Crippen LogP contribution >= 0.6 is 0 Å². The van der Waals surface area contributed by atoms with Crippen LogP contribution in [0.25, 0.3) is 0 Å². The van der Waals surface area contributed by atoms with Gasteiger partial charge in [-0.3, -0.25) is 4.79 Å². The van der Waals surface area contributed by atoms with Gasteiger partial charge in [0.25, 0.3) is 0 Å². The monoisotopic (exact) mass is 214 g/mol. The molecule has 90 valence electrons. The molecule has 0 aliphatic heterocycles. The van der Waals surface area contributed by atoms with Gasteiger partial charge in [-0.25, -0.2) is 0 Å². The molecule has 2 nitrogen and oxygen atoms in total. The zero-order valence-electron chi connectivity index (χ0n) is 11.1. The van der Waals surface area contributed by atoms with E-state index in [4.69, 9.17) is 4.74 Å². The second-order valence-corrected chi connectivity index (χ2v) is 6.14. The molecule has 0 amide bonds. The Labute approximate surface area is 94.4 Å². The fourth-order valence-electron chi connectivity index (χ4n) is 2.14. The van der Waals surface area contributed by atoms with E-state index in [-0.39, 0.29) is 10.8 Å². The lowest BCUT2D eigenvalue weighted by Gasteiger charge is -2.31. The van der Waals surface area contributed by atoms with Crippen LogP contribution in [-0.2, 0) is 9.53 Å². The van der Waals surface area contributed by atoms with Gasteiger partial charge in [-0.1, -0.05) is 34.6 Å². The summed E-state index contributed by atoms with van der Waals surface area (Å²) in [6, 6.07) is 0. The Morgan fingerprint density at radius 1 is 1.13 bits per heavy atom. The van der Waals surface area contributed by atoms with Gasteiger partial charge in [-0.2, -0.15) is 0 Å². The van der Waals surface area contributed by atoms with Gasteiger partial charge in [0.1, 0.15) is 5.78 Å². The second-order valence-electron chi connectivity index (χ2n) is 6.14. The van der Waals surface area contributed by atoms with Gasteiger partial charge < -0.3 is 4.74 Å². The summed E-state index contributed by atoms with van der Waals surface area (Å²) in [5.74, 6) is 0.356. The van der Waals surface area contributed by atoms with Crippen LogP contribution in [0.3, 0.4) is 0 Å². The largest absolute Gasteiger partial charge is 0.385 e. The molecular formula is C13H26O2. The molecular weight excluding hydrogens is 188 g/mol. The molecule has 0 fully saturated rings. The first-order valence-corrected chi connectivity index (χ1v) is 5.71. The van der Waals surface area contributed by atoms with Crippen molar-refractivity contribution in [2.24, 2.45) is 10.8 Å². The van der Waals surface area contributed by atoms with Crippen molar-refractivity contribution >= 4 is 5.78 Å². The zero-order valence-corrected chi connectivity index (χ0v) is 11.1. The van der Waals surface area contributed by atoms with Gasteiger partial charge in [0.05, 0.1) is 0 Å². The SMILES string of the molecule is COCCCC(=O)C(C)(C)CC(C)(C)C. The number of hydrogen-bond acceptors (Lipinski definition) is 2. The van der Waals surface area contributed by atoms with Gasteiger partial charge >= 0.3 is 0 Å². The lowest BCUT2D eigenvalue weighted by atomic mass is 9.73. The Morgan fingerprint density at radius 3 is 2.07 bits per heavy atom. The molecule has 0 saturated heterocycles. The molecule has 0 heterocycles. The Kier molecular flexibility index (Phi) is 5.50. The number of rotatable bonds is 6. The highest BCUT2D eigenvalue weighted by molar-refractivity contribution is 5.84. The van der Waals surface area contributed by atoms with Crippen molar-refractivity contribution in [3.05, 3.63) is 0 Å².